The van der Waals surface area contributed by atoms with Gasteiger partial charge in [-0.25, -0.2) is 0 Å². The quantitative estimate of drug-likeness (QED) is 0.777. The topological polar surface area (TPSA) is 72.6 Å². The van der Waals surface area contributed by atoms with E-state index in [9.17, 15) is 9.90 Å². The third-order valence-electron chi connectivity index (χ3n) is 4.41. The molecule has 0 aromatic heterocycles. The summed E-state index contributed by atoms with van der Waals surface area (Å²) in [4.78, 5) is 11.3. The van der Waals surface area contributed by atoms with E-state index in [0.717, 1.165) is 6.42 Å². The monoisotopic (exact) mass is 291 g/mol. The Morgan fingerprint density at radius 2 is 2.00 bits per heavy atom. The van der Waals surface area contributed by atoms with Crippen LogP contribution in [0.15, 0.2) is 0 Å². The summed E-state index contributed by atoms with van der Waals surface area (Å²) in [6, 6.07) is -0.267. The largest absolute Gasteiger partial charge is 0.459 e. The number of rotatable bonds is 4. The molecule has 0 aromatic rings. The molecule has 2 fully saturated rings. The van der Waals surface area contributed by atoms with E-state index in [1.165, 1.54) is 32.1 Å². The molecule has 0 amide bonds. The van der Waals surface area contributed by atoms with Gasteiger partial charge in [-0.1, -0.05) is 39.0 Å². The standard InChI is InChI=1S/C14H25NO3.ClH/c1-9-7-12(18-14(9)17)13(16)11(15)8-10-5-3-2-4-6-10;/h9-13,16H,2-8,15H2,1H3;1H/t9-,11-,12-,13+;/m0./s1. The van der Waals surface area contributed by atoms with Crippen LogP contribution in [0.5, 0.6) is 0 Å². The van der Waals surface area contributed by atoms with Crippen LogP contribution in [0.25, 0.3) is 0 Å². The second kappa shape index (κ2) is 7.46. The van der Waals surface area contributed by atoms with E-state index < -0.39 is 12.2 Å². The van der Waals surface area contributed by atoms with Crippen molar-refractivity contribution < 1.29 is 14.6 Å². The van der Waals surface area contributed by atoms with E-state index >= 15 is 0 Å². The molecule has 1 saturated heterocycles. The lowest BCUT2D eigenvalue weighted by Gasteiger charge is -2.29. The van der Waals surface area contributed by atoms with Gasteiger partial charge >= 0.3 is 5.97 Å². The van der Waals surface area contributed by atoms with Crippen LogP contribution in [0.3, 0.4) is 0 Å². The zero-order valence-corrected chi connectivity index (χ0v) is 12.4. The molecule has 0 radical (unpaired) electrons. The van der Waals surface area contributed by atoms with Crippen LogP contribution in [0.1, 0.15) is 51.9 Å². The van der Waals surface area contributed by atoms with Gasteiger partial charge in [-0.2, -0.15) is 0 Å². The number of nitrogens with two attached hydrogens (primary N) is 1. The number of cyclic esters (lactones) is 1. The first-order valence-corrected chi connectivity index (χ1v) is 7.22. The van der Waals surface area contributed by atoms with Crippen LogP contribution in [0, 0.1) is 11.8 Å². The van der Waals surface area contributed by atoms with Gasteiger partial charge in [-0.05, 0) is 18.8 Å². The Morgan fingerprint density at radius 3 is 2.53 bits per heavy atom. The van der Waals surface area contributed by atoms with Gasteiger partial charge in [-0.15, -0.1) is 12.4 Å². The van der Waals surface area contributed by atoms with Crippen molar-refractivity contribution in [1.29, 1.82) is 0 Å². The summed E-state index contributed by atoms with van der Waals surface area (Å²) in [7, 11) is 0. The van der Waals surface area contributed by atoms with Crippen molar-refractivity contribution in [3.8, 4) is 0 Å². The molecule has 0 bridgehead atoms. The SMILES string of the molecule is C[C@H]1C[C@@H]([C@H](O)[C@@H](N)CC2CCCCC2)OC1=O.Cl. The third-order valence-corrected chi connectivity index (χ3v) is 4.41. The molecule has 1 heterocycles. The van der Waals surface area contributed by atoms with Gasteiger partial charge in [0.2, 0.25) is 0 Å². The van der Waals surface area contributed by atoms with Crippen LogP contribution in [-0.4, -0.2) is 29.3 Å². The molecule has 0 spiro atoms. The Balaban J connectivity index is 0.00000180. The van der Waals surface area contributed by atoms with E-state index in [1.54, 1.807) is 0 Å². The van der Waals surface area contributed by atoms with Crippen molar-refractivity contribution in [1.82, 2.24) is 0 Å². The van der Waals surface area contributed by atoms with Crippen molar-refractivity contribution in [3.05, 3.63) is 0 Å². The molecule has 19 heavy (non-hydrogen) atoms. The molecule has 3 N–H and O–H groups in total. The first-order valence-electron chi connectivity index (χ1n) is 7.22. The Bertz CT molecular complexity index is 294. The fraction of sp³-hybridized carbons (Fsp3) is 0.929. The van der Waals surface area contributed by atoms with Gasteiger partial charge in [0.1, 0.15) is 12.2 Å². The highest BCUT2D eigenvalue weighted by Gasteiger charge is 2.38. The normalized spacial score (nSPS) is 31.4. The minimum Gasteiger partial charge on any atom is -0.459 e. The Morgan fingerprint density at radius 1 is 1.37 bits per heavy atom. The molecule has 0 aromatic carbocycles. The van der Waals surface area contributed by atoms with E-state index in [2.05, 4.69) is 0 Å². The van der Waals surface area contributed by atoms with Crippen molar-refractivity contribution in [2.45, 2.75) is 70.1 Å². The molecule has 2 aliphatic rings. The smallest absolute Gasteiger partial charge is 0.309 e. The van der Waals surface area contributed by atoms with E-state index in [4.69, 9.17) is 10.5 Å². The van der Waals surface area contributed by atoms with Crippen LogP contribution in [-0.2, 0) is 9.53 Å². The van der Waals surface area contributed by atoms with Crippen LogP contribution in [0.2, 0.25) is 0 Å². The Kier molecular flexibility index (Phi) is 6.57. The number of ether oxygens (including phenoxy) is 1. The predicted octanol–water partition coefficient (Wildman–Crippen LogP) is 2.02. The van der Waals surface area contributed by atoms with Gasteiger partial charge in [0.05, 0.1) is 5.92 Å². The summed E-state index contributed by atoms with van der Waals surface area (Å²) in [5, 5.41) is 10.2. The van der Waals surface area contributed by atoms with E-state index in [-0.39, 0.29) is 30.3 Å². The van der Waals surface area contributed by atoms with Crippen LogP contribution in [0.4, 0.5) is 0 Å². The number of carbonyl (C=O) groups is 1. The van der Waals surface area contributed by atoms with Gasteiger partial charge in [0.25, 0.3) is 0 Å². The van der Waals surface area contributed by atoms with E-state index in [1.807, 2.05) is 6.92 Å². The molecule has 1 aliphatic carbocycles. The number of esters is 1. The lowest BCUT2D eigenvalue weighted by atomic mass is 9.83. The number of aliphatic hydroxyl groups excluding tert-OH is 1. The summed E-state index contributed by atoms with van der Waals surface area (Å²) < 4.78 is 5.18. The number of aliphatic hydroxyl groups is 1. The number of halogens is 1. The first kappa shape index (κ1) is 16.7. The third kappa shape index (κ3) is 4.33. The Hall–Kier alpha value is -0.320. The molecule has 4 nitrogen and oxygen atoms in total. The highest BCUT2D eigenvalue weighted by atomic mass is 35.5. The van der Waals surface area contributed by atoms with Crippen molar-refractivity contribution in [2.24, 2.45) is 17.6 Å². The Labute approximate surface area is 121 Å². The fourth-order valence-corrected chi connectivity index (χ4v) is 3.19. The molecular weight excluding hydrogens is 266 g/mol. The maximum atomic E-state index is 11.3. The minimum atomic E-state index is -0.708. The molecule has 112 valence electrons. The highest BCUT2D eigenvalue weighted by Crippen LogP contribution is 2.30. The van der Waals surface area contributed by atoms with Gasteiger partial charge in [0, 0.05) is 6.04 Å². The number of carbonyl (C=O) groups excluding carboxylic acids is 1. The molecule has 1 aliphatic heterocycles. The van der Waals surface area contributed by atoms with Crippen molar-refractivity contribution in [3.63, 3.8) is 0 Å². The number of hydrogen-bond donors (Lipinski definition) is 2. The molecule has 1 saturated carbocycles. The van der Waals surface area contributed by atoms with Gasteiger partial charge < -0.3 is 15.6 Å². The second-order valence-corrected chi connectivity index (χ2v) is 6.01. The van der Waals surface area contributed by atoms with Gasteiger partial charge in [-0.3, -0.25) is 4.79 Å². The molecule has 5 heteroatoms. The maximum absolute atomic E-state index is 11.3. The van der Waals surface area contributed by atoms with Crippen molar-refractivity contribution in [2.75, 3.05) is 0 Å². The average Bonchev–Trinajstić information content (AvgIpc) is 2.70. The molecule has 0 unspecified atom stereocenters. The fourth-order valence-electron chi connectivity index (χ4n) is 3.19. The summed E-state index contributed by atoms with van der Waals surface area (Å²) in [6.07, 6.45) is 6.68. The van der Waals surface area contributed by atoms with Crippen LogP contribution >= 0.6 is 12.4 Å². The van der Waals surface area contributed by atoms with E-state index in [0.29, 0.717) is 12.3 Å². The lowest BCUT2D eigenvalue weighted by Crippen LogP contribution is -2.44. The average molecular weight is 292 g/mol. The first-order chi connectivity index (χ1) is 8.58. The summed E-state index contributed by atoms with van der Waals surface area (Å²) >= 11 is 0. The molecule has 2 rings (SSSR count). The summed E-state index contributed by atoms with van der Waals surface area (Å²) in [5.74, 6) is 0.327. The maximum Gasteiger partial charge on any atom is 0.309 e. The molecule has 4 atom stereocenters. The zero-order chi connectivity index (χ0) is 13.1. The minimum absolute atomic E-state index is 0. The highest BCUT2D eigenvalue weighted by molar-refractivity contribution is 5.85. The summed E-state index contributed by atoms with van der Waals surface area (Å²) in [5.41, 5.74) is 6.08. The zero-order valence-electron chi connectivity index (χ0n) is 11.6. The molecular formula is C14H26ClNO3. The van der Waals surface area contributed by atoms with Gasteiger partial charge in [0.15, 0.2) is 0 Å². The second-order valence-electron chi connectivity index (χ2n) is 6.01. The van der Waals surface area contributed by atoms with Crippen molar-refractivity contribution >= 4 is 18.4 Å². The number of hydrogen-bond acceptors (Lipinski definition) is 4. The lowest BCUT2D eigenvalue weighted by molar-refractivity contribution is -0.148. The summed E-state index contributed by atoms with van der Waals surface area (Å²) in [6.45, 7) is 1.84. The predicted molar refractivity (Wildman–Crippen MR) is 76.1 cm³/mol. The van der Waals surface area contributed by atoms with Crippen LogP contribution < -0.4 is 5.73 Å².